The molecule has 1 unspecified atom stereocenters. The Morgan fingerprint density at radius 1 is 1.44 bits per heavy atom. The van der Waals surface area contributed by atoms with Crippen LogP contribution in [-0.2, 0) is 0 Å². The number of nitrogens with zero attached hydrogens (tertiary/aromatic N) is 2. The first-order chi connectivity index (χ1) is 7.72. The first-order valence-electron chi connectivity index (χ1n) is 4.94. The average Bonchev–Trinajstić information content (AvgIpc) is 2.67. The predicted octanol–water partition coefficient (Wildman–Crippen LogP) is 2.29. The lowest BCUT2D eigenvalue weighted by atomic mass is 10.0. The topological polar surface area (TPSA) is 37.8 Å². The summed E-state index contributed by atoms with van der Waals surface area (Å²) in [7, 11) is 1.84. The molecule has 1 atom stereocenters. The summed E-state index contributed by atoms with van der Waals surface area (Å²) in [6, 6.07) is 6.52. The van der Waals surface area contributed by atoms with Crippen LogP contribution >= 0.6 is 11.5 Å². The standard InChI is InChI=1S/C11H12FN3S/c1-7-11(16-15-14-7)10(13-2)8-4-3-5-9(12)6-8/h3-6,10,13H,1-2H3. The van der Waals surface area contributed by atoms with E-state index in [0.29, 0.717) is 0 Å². The van der Waals surface area contributed by atoms with Crippen LogP contribution in [0.5, 0.6) is 0 Å². The Morgan fingerprint density at radius 2 is 2.25 bits per heavy atom. The van der Waals surface area contributed by atoms with Crippen molar-refractivity contribution in [3.05, 3.63) is 46.2 Å². The quantitative estimate of drug-likeness (QED) is 0.890. The molecule has 0 bridgehead atoms. The van der Waals surface area contributed by atoms with E-state index in [1.54, 1.807) is 6.07 Å². The number of halogens is 1. The summed E-state index contributed by atoms with van der Waals surface area (Å²) in [4.78, 5) is 1.02. The van der Waals surface area contributed by atoms with E-state index in [1.807, 2.05) is 20.0 Å². The zero-order chi connectivity index (χ0) is 11.5. The number of aryl methyl sites for hydroxylation is 1. The minimum atomic E-state index is -0.229. The Balaban J connectivity index is 2.40. The van der Waals surface area contributed by atoms with Gasteiger partial charge < -0.3 is 5.32 Å². The molecule has 0 spiro atoms. The number of aromatic nitrogens is 2. The van der Waals surface area contributed by atoms with E-state index in [0.717, 1.165) is 16.1 Å². The molecule has 0 amide bonds. The second-order valence-electron chi connectivity index (χ2n) is 3.50. The molecular formula is C11H12FN3S. The third-order valence-corrected chi connectivity index (χ3v) is 3.31. The lowest BCUT2D eigenvalue weighted by Crippen LogP contribution is -2.17. The summed E-state index contributed by atoms with van der Waals surface area (Å²) in [5.74, 6) is -0.229. The number of hydrogen-bond donors (Lipinski definition) is 1. The molecule has 1 aromatic heterocycles. The Kier molecular flexibility index (Phi) is 3.26. The second kappa shape index (κ2) is 4.67. The van der Waals surface area contributed by atoms with Crippen LogP contribution < -0.4 is 5.32 Å². The molecule has 84 valence electrons. The fourth-order valence-corrected chi connectivity index (χ4v) is 2.42. The molecule has 1 aromatic carbocycles. The fraction of sp³-hybridized carbons (Fsp3) is 0.273. The highest BCUT2D eigenvalue weighted by atomic mass is 32.1. The smallest absolute Gasteiger partial charge is 0.123 e. The molecule has 1 N–H and O–H groups in total. The maximum Gasteiger partial charge on any atom is 0.123 e. The van der Waals surface area contributed by atoms with E-state index in [1.165, 1.54) is 23.7 Å². The van der Waals surface area contributed by atoms with E-state index in [2.05, 4.69) is 14.9 Å². The summed E-state index contributed by atoms with van der Waals surface area (Å²) < 4.78 is 17.0. The van der Waals surface area contributed by atoms with Gasteiger partial charge in [0.15, 0.2) is 0 Å². The monoisotopic (exact) mass is 237 g/mol. The molecular weight excluding hydrogens is 225 g/mol. The minimum absolute atomic E-state index is 0.0456. The van der Waals surface area contributed by atoms with Crippen molar-refractivity contribution < 1.29 is 4.39 Å². The highest BCUT2D eigenvalue weighted by Gasteiger charge is 2.17. The first-order valence-corrected chi connectivity index (χ1v) is 5.71. The number of hydrogen-bond acceptors (Lipinski definition) is 4. The van der Waals surface area contributed by atoms with E-state index in [9.17, 15) is 4.39 Å². The van der Waals surface area contributed by atoms with Crippen LogP contribution in [0, 0.1) is 12.7 Å². The summed E-state index contributed by atoms with van der Waals surface area (Å²) in [6.07, 6.45) is 0. The van der Waals surface area contributed by atoms with Gasteiger partial charge in [-0.1, -0.05) is 16.6 Å². The maximum atomic E-state index is 13.2. The third-order valence-electron chi connectivity index (χ3n) is 2.42. The molecule has 1 heterocycles. The van der Waals surface area contributed by atoms with E-state index in [-0.39, 0.29) is 11.9 Å². The van der Waals surface area contributed by atoms with Gasteiger partial charge in [0.2, 0.25) is 0 Å². The molecule has 0 saturated carbocycles. The minimum Gasteiger partial charge on any atom is -0.309 e. The lowest BCUT2D eigenvalue weighted by Gasteiger charge is -2.14. The van der Waals surface area contributed by atoms with Crippen molar-refractivity contribution in [2.45, 2.75) is 13.0 Å². The molecule has 0 radical (unpaired) electrons. The summed E-state index contributed by atoms with van der Waals surface area (Å²) in [6.45, 7) is 1.91. The van der Waals surface area contributed by atoms with Gasteiger partial charge in [-0.05, 0) is 43.2 Å². The van der Waals surface area contributed by atoms with Gasteiger partial charge in [-0.15, -0.1) is 5.10 Å². The predicted molar refractivity (Wildman–Crippen MR) is 61.9 cm³/mol. The third kappa shape index (κ3) is 2.10. The molecule has 2 rings (SSSR count). The number of benzene rings is 1. The van der Waals surface area contributed by atoms with Gasteiger partial charge in [0.1, 0.15) is 5.82 Å². The van der Waals surface area contributed by atoms with Crippen molar-refractivity contribution in [2.24, 2.45) is 0 Å². The highest BCUT2D eigenvalue weighted by molar-refractivity contribution is 7.05. The average molecular weight is 237 g/mol. The van der Waals surface area contributed by atoms with E-state index < -0.39 is 0 Å². The summed E-state index contributed by atoms with van der Waals surface area (Å²) in [5, 5.41) is 7.12. The maximum absolute atomic E-state index is 13.2. The van der Waals surface area contributed by atoms with Crippen molar-refractivity contribution in [2.75, 3.05) is 7.05 Å². The Labute approximate surface area is 97.5 Å². The molecule has 0 aliphatic carbocycles. The van der Waals surface area contributed by atoms with Gasteiger partial charge in [-0.3, -0.25) is 0 Å². The van der Waals surface area contributed by atoms with Gasteiger partial charge in [0.05, 0.1) is 16.6 Å². The Hall–Kier alpha value is -1.33. The lowest BCUT2D eigenvalue weighted by molar-refractivity contribution is 0.617. The SMILES string of the molecule is CNC(c1cccc(F)c1)c1snnc1C. The van der Waals surface area contributed by atoms with Crippen molar-refractivity contribution in [3.63, 3.8) is 0 Å². The summed E-state index contributed by atoms with van der Waals surface area (Å²) in [5.41, 5.74) is 1.77. The van der Waals surface area contributed by atoms with Crippen LogP contribution in [0.15, 0.2) is 24.3 Å². The normalized spacial score (nSPS) is 12.7. The molecule has 0 saturated heterocycles. The molecule has 5 heteroatoms. The van der Waals surface area contributed by atoms with E-state index >= 15 is 0 Å². The van der Waals surface area contributed by atoms with Gasteiger partial charge in [-0.2, -0.15) is 0 Å². The largest absolute Gasteiger partial charge is 0.309 e. The van der Waals surface area contributed by atoms with Crippen LogP contribution in [0.1, 0.15) is 22.2 Å². The zero-order valence-electron chi connectivity index (χ0n) is 9.07. The zero-order valence-corrected chi connectivity index (χ0v) is 9.88. The van der Waals surface area contributed by atoms with E-state index in [4.69, 9.17) is 0 Å². The first kappa shape index (κ1) is 11.2. The van der Waals surface area contributed by atoms with Crippen molar-refractivity contribution >= 4 is 11.5 Å². The Bertz CT molecular complexity index is 484. The number of rotatable bonds is 3. The molecule has 16 heavy (non-hydrogen) atoms. The summed E-state index contributed by atoms with van der Waals surface area (Å²) >= 11 is 1.34. The molecule has 2 aromatic rings. The molecule has 0 fully saturated rings. The van der Waals surface area contributed by atoms with Crippen LogP contribution in [0.2, 0.25) is 0 Å². The van der Waals surface area contributed by atoms with Gasteiger partial charge >= 0.3 is 0 Å². The van der Waals surface area contributed by atoms with Crippen molar-refractivity contribution in [1.82, 2.24) is 14.9 Å². The molecule has 0 aliphatic rings. The van der Waals surface area contributed by atoms with Gasteiger partial charge in [0, 0.05) is 0 Å². The van der Waals surface area contributed by atoms with Gasteiger partial charge in [-0.25, -0.2) is 4.39 Å². The Morgan fingerprint density at radius 3 is 2.81 bits per heavy atom. The fourth-order valence-electron chi connectivity index (χ4n) is 1.64. The molecule has 3 nitrogen and oxygen atoms in total. The molecule has 0 aliphatic heterocycles. The van der Waals surface area contributed by atoms with Crippen LogP contribution in [0.25, 0.3) is 0 Å². The second-order valence-corrected chi connectivity index (χ2v) is 4.28. The van der Waals surface area contributed by atoms with Crippen molar-refractivity contribution in [3.8, 4) is 0 Å². The van der Waals surface area contributed by atoms with Crippen LogP contribution in [-0.4, -0.2) is 16.6 Å². The van der Waals surface area contributed by atoms with Crippen LogP contribution in [0.3, 0.4) is 0 Å². The highest BCUT2D eigenvalue weighted by Crippen LogP contribution is 2.26. The van der Waals surface area contributed by atoms with Gasteiger partial charge in [0.25, 0.3) is 0 Å². The number of nitrogens with one attached hydrogen (secondary N) is 1. The van der Waals surface area contributed by atoms with Crippen LogP contribution in [0.4, 0.5) is 4.39 Å². The van der Waals surface area contributed by atoms with Crippen molar-refractivity contribution in [1.29, 1.82) is 0 Å².